The van der Waals surface area contributed by atoms with Crippen LogP contribution in [0.4, 0.5) is 0 Å². The Bertz CT molecular complexity index is 615. The van der Waals surface area contributed by atoms with Gasteiger partial charge in [-0.2, -0.15) is 5.26 Å². The zero-order valence-electron chi connectivity index (χ0n) is 12.4. The first-order valence-electron chi connectivity index (χ1n) is 7.15. The van der Waals surface area contributed by atoms with Crippen molar-refractivity contribution in [1.29, 1.82) is 5.26 Å². The van der Waals surface area contributed by atoms with Crippen LogP contribution in [0.2, 0.25) is 0 Å². The standard InChI is InChI=1S/C17H18N2O3/c1-17(12-18,14-8-9-14)19-15(20)11-22-16(21)10-7-13-5-3-2-4-6-13/h2-7,10,14H,8-9,11H2,1H3,(H,19,20)/b10-7+/t17-/m0/s1. The van der Waals surface area contributed by atoms with Gasteiger partial charge in [-0.05, 0) is 37.3 Å². The summed E-state index contributed by atoms with van der Waals surface area (Å²) in [6.45, 7) is 1.31. The number of carbonyl (C=O) groups is 2. The van der Waals surface area contributed by atoms with E-state index in [-0.39, 0.29) is 12.5 Å². The molecule has 1 atom stereocenters. The van der Waals surface area contributed by atoms with E-state index in [0.29, 0.717) is 0 Å². The van der Waals surface area contributed by atoms with Gasteiger partial charge in [-0.3, -0.25) is 4.79 Å². The van der Waals surface area contributed by atoms with Crippen LogP contribution >= 0.6 is 0 Å². The van der Waals surface area contributed by atoms with Gasteiger partial charge in [0, 0.05) is 6.08 Å². The van der Waals surface area contributed by atoms with Crippen LogP contribution in [0.1, 0.15) is 25.3 Å². The molecule has 1 saturated carbocycles. The maximum Gasteiger partial charge on any atom is 0.331 e. The van der Waals surface area contributed by atoms with Crippen LogP contribution in [0.15, 0.2) is 36.4 Å². The molecule has 1 aliphatic carbocycles. The molecule has 5 nitrogen and oxygen atoms in total. The maximum atomic E-state index is 11.8. The number of benzene rings is 1. The van der Waals surface area contributed by atoms with Crippen LogP contribution in [0.25, 0.3) is 6.08 Å². The molecule has 5 heteroatoms. The zero-order valence-corrected chi connectivity index (χ0v) is 12.4. The second kappa shape index (κ2) is 6.90. The van der Waals surface area contributed by atoms with Gasteiger partial charge >= 0.3 is 5.97 Å². The highest BCUT2D eigenvalue weighted by Gasteiger charge is 2.43. The van der Waals surface area contributed by atoms with E-state index < -0.39 is 17.4 Å². The van der Waals surface area contributed by atoms with E-state index in [2.05, 4.69) is 11.4 Å². The van der Waals surface area contributed by atoms with Gasteiger partial charge in [0.25, 0.3) is 5.91 Å². The van der Waals surface area contributed by atoms with Crippen LogP contribution in [0, 0.1) is 17.2 Å². The third-order valence-electron chi connectivity index (χ3n) is 3.58. The lowest BCUT2D eigenvalue weighted by Crippen LogP contribution is -2.48. The predicted molar refractivity (Wildman–Crippen MR) is 81.3 cm³/mol. The van der Waals surface area contributed by atoms with Gasteiger partial charge in [0.2, 0.25) is 0 Å². The average molecular weight is 298 g/mol. The van der Waals surface area contributed by atoms with Crippen molar-refractivity contribution in [3.05, 3.63) is 42.0 Å². The first-order valence-corrected chi connectivity index (χ1v) is 7.15. The highest BCUT2D eigenvalue weighted by Crippen LogP contribution is 2.39. The molecule has 0 saturated heterocycles. The number of hydrogen-bond donors (Lipinski definition) is 1. The third-order valence-corrected chi connectivity index (χ3v) is 3.58. The Balaban J connectivity index is 1.77. The van der Waals surface area contributed by atoms with Crippen molar-refractivity contribution < 1.29 is 14.3 Å². The fourth-order valence-electron chi connectivity index (χ4n) is 2.12. The van der Waals surface area contributed by atoms with Gasteiger partial charge in [-0.1, -0.05) is 30.3 Å². The quantitative estimate of drug-likeness (QED) is 0.644. The van der Waals surface area contributed by atoms with E-state index in [4.69, 9.17) is 10.00 Å². The minimum Gasteiger partial charge on any atom is -0.452 e. The molecule has 1 N–H and O–H groups in total. The summed E-state index contributed by atoms with van der Waals surface area (Å²) in [4.78, 5) is 23.3. The van der Waals surface area contributed by atoms with Crippen molar-refractivity contribution >= 4 is 18.0 Å². The van der Waals surface area contributed by atoms with E-state index in [1.54, 1.807) is 13.0 Å². The number of esters is 1. The maximum absolute atomic E-state index is 11.8. The number of amides is 1. The Labute approximate surface area is 129 Å². The van der Waals surface area contributed by atoms with E-state index in [1.807, 2.05) is 30.3 Å². The van der Waals surface area contributed by atoms with Crippen molar-refractivity contribution in [2.75, 3.05) is 6.61 Å². The van der Waals surface area contributed by atoms with Gasteiger partial charge in [-0.15, -0.1) is 0 Å². The van der Waals surface area contributed by atoms with Crippen LogP contribution in [0.5, 0.6) is 0 Å². The van der Waals surface area contributed by atoms with E-state index >= 15 is 0 Å². The molecule has 0 heterocycles. The van der Waals surface area contributed by atoms with Crippen molar-refractivity contribution in [3.63, 3.8) is 0 Å². The van der Waals surface area contributed by atoms with Gasteiger partial charge in [0.1, 0.15) is 5.54 Å². The molecule has 1 aromatic rings. The van der Waals surface area contributed by atoms with Crippen LogP contribution in [-0.2, 0) is 14.3 Å². The second-order valence-electron chi connectivity index (χ2n) is 5.49. The highest BCUT2D eigenvalue weighted by atomic mass is 16.5. The molecule has 1 aliphatic rings. The fraction of sp³-hybridized carbons (Fsp3) is 0.353. The van der Waals surface area contributed by atoms with Crippen LogP contribution in [0.3, 0.4) is 0 Å². The monoisotopic (exact) mass is 298 g/mol. The zero-order chi connectivity index (χ0) is 16.0. The molecule has 22 heavy (non-hydrogen) atoms. The van der Waals surface area contributed by atoms with Crippen LogP contribution < -0.4 is 5.32 Å². The molecular formula is C17H18N2O3. The molecule has 0 aromatic heterocycles. The largest absolute Gasteiger partial charge is 0.452 e. The number of nitrogens with one attached hydrogen (secondary N) is 1. The number of nitriles is 1. The van der Waals surface area contributed by atoms with Gasteiger partial charge < -0.3 is 10.1 Å². The Hall–Kier alpha value is -2.61. The summed E-state index contributed by atoms with van der Waals surface area (Å²) >= 11 is 0. The molecule has 0 bridgehead atoms. The second-order valence-corrected chi connectivity index (χ2v) is 5.49. The Morgan fingerprint density at radius 2 is 2.09 bits per heavy atom. The molecule has 0 spiro atoms. The molecule has 0 aliphatic heterocycles. The average Bonchev–Trinajstić information content (AvgIpc) is 3.37. The fourth-order valence-corrected chi connectivity index (χ4v) is 2.12. The summed E-state index contributed by atoms with van der Waals surface area (Å²) in [7, 11) is 0. The molecule has 2 rings (SSSR count). The molecule has 114 valence electrons. The van der Waals surface area contributed by atoms with E-state index in [0.717, 1.165) is 18.4 Å². The minimum atomic E-state index is -0.872. The molecular weight excluding hydrogens is 280 g/mol. The lowest BCUT2D eigenvalue weighted by molar-refractivity contribution is -0.144. The normalized spacial score (nSPS) is 16.5. The van der Waals surface area contributed by atoms with Crippen molar-refractivity contribution in [3.8, 4) is 6.07 Å². The number of ether oxygens (including phenoxy) is 1. The third kappa shape index (κ3) is 4.45. The Kier molecular flexibility index (Phi) is 4.95. The predicted octanol–water partition coefficient (Wildman–Crippen LogP) is 2.05. The number of hydrogen-bond acceptors (Lipinski definition) is 4. The summed E-state index contributed by atoms with van der Waals surface area (Å²) in [6, 6.07) is 11.4. The molecule has 1 aromatic carbocycles. The Morgan fingerprint density at radius 3 is 2.68 bits per heavy atom. The SMILES string of the molecule is C[C@@](C#N)(NC(=O)COC(=O)/C=C/c1ccccc1)C1CC1. The smallest absolute Gasteiger partial charge is 0.331 e. The molecule has 1 fully saturated rings. The summed E-state index contributed by atoms with van der Waals surface area (Å²) in [6.07, 6.45) is 4.75. The number of carbonyl (C=O) groups excluding carboxylic acids is 2. The first-order chi connectivity index (χ1) is 10.5. The molecule has 0 radical (unpaired) electrons. The van der Waals surface area contributed by atoms with Gasteiger partial charge in [0.15, 0.2) is 6.61 Å². The van der Waals surface area contributed by atoms with Gasteiger partial charge in [0.05, 0.1) is 6.07 Å². The van der Waals surface area contributed by atoms with Crippen molar-refractivity contribution in [1.82, 2.24) is 5.32 Å². The summed E-state index contributed by atoms with van der Waals surface area (Å²) in [5.41, 5.74) is -0.00157. The topological polar surface area (TPSA) is 79.2 Å². The lowest BCUT2D eigenvalue weighted by atomic mass is 9.98. The highest BCUT2D eigenvalue weighted by molar-refractivity contribution is 5.89. The summed E-state index contributed by atoms with van der Waals surface area (Å²) in [5.74, 6) is -0.864. The summed E-state index contributed by atoms with van der Waals surface area (Å²) < 4.78 is 4.87. The van der Waals surface area contributed by atoms with Crippen LogP contribution in [-0.4, -0.2) is 24.0 Å². The minimum absolute atomic E-state index is 0.190. The Morgan fingerprint density at radius 1 is 1.41 bits per heavy atom. The molecule has 0 unspecified atom stereocenters. The number of rotatable bonds is 6. The van der Waals surface area contributed by atoms with E-state index in [9.17, 15) is 9.59 Å². The van der Waals surface area contributed by atoms with E-state index in [1.165, 1.54) is 6.08 Å². The lowest BCUT2D eigenvalue weighted by Gasteiger charge is -2.22. The number of nitrogens with zero attached hydrogens (tertiary/aromatic N) is 1. The van der Waals surface area contributed by atoms with Crippen molar-refractivity contribution in [2.45, 2.75) is 25.3 Å². The summed E-state index contributed by atoms with van der Waals surface area (Å²) in [5, 5.41) is 11.8. The van der Waals surface area contributed by atoms with Crippen molar-refractivity contribution in [2.24, 2.45) is 5.92 Å². The molecule has 1 amide bonds. The van der Waals surface area contributed by atoms with Gasteiger partial charge in [-0.25, -0.2) is 4.79 Å². The first kappa shape index (κ1) is 15.8.